The van der Waals surface area contributed by atoms with Gasteiger partial charge in [-0.2, -0.15) is 9.78 Å². The quantitative estimate of drug-likeness (QED) is 0.390. The van der Waals surface area contributed by atoms with Gasteiger partial charge in [0.1, 0.15) is 17.0 Å². The minimum Gasteiger partial charge on any atom is -0.497 e. The number of aromatic nitrogens is 4. The van der Waals surface area contributed by atoms with Gasteiger partial charge in [-0.1, -0.05) is 23.5 Å². The van der Waals surface area contributed by atoms with E-state index in [1.54, 1.807) is 30.1 Å². The summed E-state index contributed by atoms with van der Waals surface area (Å²) in [7, 11) is 2.90. The van der Waals surface area contributed by atoms with Gasteiger partial charge < -0.3 is 9.47 Å². The van der Waals surface area contributed by atoms with Crippen LogP contribution in [-0.2, 0) is 4.74 Å². The van der Waals surface area contributed by atoms with Crippen molar-refractivity contribution in [2.24, 2.45) is 0 Å². The lowest BCUT2D eigenvalue weighted by atomic mass is 10.1. The Morgan fingerprint density at radius 3 is 2.69 bits per heavy atom. The summed E-state index contributed by atoms with van der Waals surface area (Å²) in [6.07, 6.45) is 3.24. The van der Waals surface area contributed by atoms with Crippen LogP contribution in [0.3, 0.4) is 0 Å². The Morgan fingerprint density at radius 1 is 1.09 bits per heavy atom. The molecule has 0 bridgehead atoms. The number of methoxy groups -OCH3 is 2. The molecule has 2 aliphatic rings. The van der Waals surface area contributed by atoms with Crippen molar-refractivity contribution in [2.45, 2.75) is 6.92 Å². The average molecular weight is 446 g/mol. The van der Waals surface area contributed by atoms with Crippen LogP contribution in [0.1, 0.15) is 15.9 Å². The molecule has 3 aromatic rings. The third-order valence-corrected chi connectivity index (χ3v) is 6.16. The minimum absolute atomic E-state index is 0.185. The Labute approximate surface area is 186 Å². The summed E-state index contributed by atoms with van der Waals surface area (Å²) in [6, 6.07) is 13.0. The molecule has 0 saturated heterocycles. The topological polar surface area (TPSA) is 88.2 Å². The highest BCUT2D eigenvalue weighted by molar-refractivity contribution is 7.20. The van der Waals surface area contributed by atoms with Gasteiger partial charge in [-0.15, -0.1) is 0 Å². The molecule has 0 aliphatic carbocycles. The van der Waals surface area contributed by atoms with Crippen molar-refractivity contribution in [3.05, 3.63) is 76.3 Å². The van der Waals surface area contributed by atoms with Crippen molar-refractivity contribution in [2.75, 3.05) is 14.2 Å². The van der Waals surface area contributed by atoms with Crippen molar-refractivity contribution in [1.82, 2.24) is 19.3 Å². The SMILES string of the molecule is COC(=O)c1cn(-c2nc3ccc(OC)cc3s2)cc2c(=O)n(-c3cccc(C)c3)nc1-2. The molecule has 0 atom stereocenters. The number of carbonyl (C=O) groups is 1. The summed E-state index contributed by atoms with van der Waals surface area (Å²) in [6.45, 7) is 1.94. The number of thiazole rings is 1. The zero-order chi connectivity index (χ0) is 22.4. The highest BCUT2D eigenvalue weighted by Gasteiger charge is 2.26. The Balaban J connectivity index is 1.74. The predicted molar refractivity (Wildman–Crippen MR) is 122 cm³/mol. The maximum absolute atomic E-state index is 13.2. The fourth-order valence-corrected chi connectivity index (χ4v) is 4.49. The monoisotopic (exact) mass is 446 g/mol. The molecule has 3 heterocycles. The Hall–Kier alpha value is -3.98. The molecule has 0 fully saturated rings. The molecule has 0 N–H and O–H groups in total. The van der Waals surface area contributed by atoms with Crippen LogP contribution < -0.4 is 10.3 Å². The first-order chi connectivity index (χ1) is 15.5. The summed E-state index contributed by atoms with van der Waals surface area (Å²) in [5.74, 6) is 0.144. The van der Waals surface area contributed by atoms with Crippen molar-refractivity contribution in [3.8, 4) is 27.8 Å². The maximum Gasteiger partial charge on any atom is 0.341 e. The number of fused-ring (bicyclic) bond motifs is 2. The maximum atomic E-state index is 13.2. The molecule has 0 amide bonds. The first-order valence-electron chi connectivity index (χ1n) is 9.74. The number of ether oxygens (including phenoxy) is 2. The number of esters is 1. The number of rotatable bonds is 4. The van der Waals surface area contributed by atoms with E-state index in [2.05, 4.69) is 10.1 Å². The molecule has 9 heteroatoms. The van der Waals surface area contributed by atoms with E-state index < -0.39 is 5.97 Å². The van der Waals surface area contributed by atoms with E-state index in [4.69, 9.17) is 9.47 Å². The van der Waals surface area contributed by atoms with Gasteiger partial charge in [-0.25, -0.2) is 9.78 Å². The van der Waals surface area contributed by atoms with Gasteiger partial charge in [-0.3, -0.25) is 9.36 Å². The third kappa shape index (κ3) is 3.23. The Morgan fingerprint density at radius 2 is 1.94 bits per heavy atom. The van der Waals surface area contributed by atoms with Crippen LogP contribution in [0.25, 0.3) is 32.3 Å². The lowest BCUT2D eigenvalue weighted by molar-refractivity contribution is 0.0600. The smallest absolute Gasteiger partial charge is 0.341 e. The van der Waals surface area contributed by atoms with E-state index in [9.17, 15) is 9.59 Å². The normalized spacial score (nSPS) is 11.2. The van der Waals surface area contributed by atoms with Crippen LogP contribution in [0.4, 0.5) is 0 Å². The van der Waals surface area contributed by atoms with Crippen LogP contribution in [-0.4, -0.2) is 39.5 Å². The van der Waals surface area contributed by atoms with Crippen LogP contribution in [0.15, 0.2) is 59.7 Å². The molecular weight excluding hydrogens is 428 g/mol. The molecule has 2 aromatic carbocycles. The highest BCUT2D eigenvalue weighted by atomic mass is 32.1. The number of carbonyl (C=O) groups excluding carboxylic acids is 1. The van der Waals surface area contributed by atoms with Gasteiger partial charge in [0.15, 0.2) is 5.13 Å². The average Bonchev–Trinajstić information content (AvgIpc) is 3.38. The van der Waals surface area contributed by atoms with E-state index >= 15 is 0 Å². The standard InChI is InChI=1S/C23H18N4O4S/c1-13-5-4-6-14(9-13)27-21(28)16-11-26(12-17(20(16)25-27)22(29)31-3)23-24-18-8-7-15(30-2)10-19(18)32-23/h4-12H,1-3H3. The van der Waals surface area contributed by atoms with Crippen molar-refractivity contribution < 1.29 is 14.3 Å². The van der Waals surface area contributed by atoms with Gasteiger partial charge in [0.2, 0.25) is 0 Å². The van der Waals surface area contributed by atoms with Crippen LogP contribution in [0.2, 0.25) is 0 Å². The number of hydrogen-bond acceptors (Lipinski definition) is 7. The Kier molecular flexibility index (Phi) is 4.75. The van der Waals surface area contributed by atoms with Crippen molar-refractivity contribution in [1.29, 1.82) is 0 Å². The second-order valence-electron chi connectivity index (χ2n) is 7.22. The largest absolute Gasteiger partial charge is 0.497 e. The minimum atomic E-state index is -0.582. The van der Waals surface area contributed by atoms with Gasteiger partial charge in [0.05, 0.1) is 35.7 Å². The second-order valence-corrected chi connectivity index (χ2v) is 8.23. The molecule has 0 radical (unpaired) electrons. The van der Waals surface area contributed by atoms with E-state index in [0.29, 0.717) is 16.4 Å². The van der Waals surface area contributed by atoms with Gasteiger partial charge in [-0.05, 0) is 42.8 Å². The molecule has 0 unspecified atom stereocenters. The molecule has 1 aromatic heterocycles. The number of pyridine rings is 1. The lowest BCUT2D eigenvalue weighted by Crippen LogP contribution is -2.15. The van der Waals surface area contributed by atoms with Gasteiger partial charge >= 0.3 is 5.97 Å². The Bertz CT molecular complexity index is 1510. The van der Waals surface area contributed by atoms with Crippen LogP contribution >= 0.6 is 11.3 Å². The molecule has 32 heavy (non-hydrogen) atoms. The lowest BCUT2D eigenvalue weighted by Gasteiger charge is -2.08. The first-order valence-corrected chi connectivity index (χ1v) is 10.6. The zero-order valence-electron chi connectivity index (χ0n) is 17.5. The van der Waals surface area contributed by atoms with Crippen molar-refractivity contribution >= 4 is 27.5 Å². The van der Waals surface area contributed by atoms with Gasteiger partial charge in [0, 0.05) is 12.4 Å². The number of hydrogen-bond donors (Lipinski definition) is 0. The predicted octanol–water partition coefficient (Wildman–Crippen LogP) is 3.84. The summed E-state index contributed by atoms with van der Waals surface area (Å²) in [5, 5.41) is 5.05. The van der Waals surface area contributed by atoms with E-state index in [1.165, 1.54) is 23.1 Å². The molecule has 2 aliphatic heterocycles. The molecule has 5 rings (SSSR count). The zero-order valence-corrected chi connectivity index (χ0v) is 18.3. The summed E-state index contributed by atoms with van der Waals surface area (Å²) in [5.41, 5.74) is 2.85. The van der Waals surface area contributed by atoms with E-state index in [0.717, 1.165) is 21.5 Å². The van der Waals surface area contributed by atoms with Crippen molar-refractivity contribution in [3.63, 3.8) is 0 Å². The second kappa shape index (κ2) is 7.61. The first kappa shape index (κ1) is 20.0. The molecule has 0 spiro atoms. The van der Waals surface area contributed by atoms with Gasteiger partial charge in [0.25, 0.3) is 5.56 Å². The summed E-state index contributed by atoms with van der Waals surface area (Å²) < 4.78 is 14.1. The van der Waals surface area contributed by atoms with Crippen LogP contribution in [0.5, 0.6) is 5.75 Å². The third-order valence-electron chi connectivity index (χ3n) is 5.13. The highest BCUT2D eigenvalue weighted by Crippen LogP contribution is 2.31. The van der Waals surface area contributed by atoms with Crippen LogP contribution in [0, 0.1) is 6.92 Å². The molecule has 160 valence electrons. The summed E-state index contributed by atoms with van der Waals surface area (Å²) in [4.78, 5) is 30.4. The molecular formula is C23H18N4O4S. The summed E-state index contributed by atoms with van der Waals surface area (Å²) >= 11 is 1.42. The van der Waals surface area contributed by atoms with E-state index in [-0.39, 0.29) is 16.8 Å². The number of aryl methyl sites for hydroxylation is 1. The van der Waals surface area contributed by atoms with E-state index in [1.807, 2.05) is 43.3 Å². The molecule has 0 saturated carbocycles. The number of benzene rings is 2. The fourth-order valence-electron chi connectivity index (χ4n) is 3.54. The molecule has 8 nitrogen and oxygen atoms in total. The fraction of sp³-hybridized carbons (Fsp3) is 0.130. The number of nitrogens with zero attached hydrogens (tertiary/aromatic N) is 4.